The van der Waals surface area contributed by atoms with Crippen LogP contribution in [-0.2, 0) is 15.0 Å². The molecule has 1 atom stereocenters. The van der Waals surface area contributed by atoms with Gasteiger partial charge in [-0.1, -0.05) is 18.2 Å². The highest BCUT2D eigenvalue weighted by Crippen LogP contribution is 2.49. The predicted octanol–water partition coefficient (Wildman–Crippen LogP) is 1.49. The number of likely N-dealkylation sites (N-methyl/N-ethyl adjacent to an activating group) is 1. The van der Waals surface area contributed by atoms with Crippen LogP contribution in [0.5, 0.6) is 0 Å². The number of hydrogen-bond donors (Lipinski definition) is 3. The fraction of sp³-hybridized carbons (Fsp3) is 0.294. The summed E-state index contributed by atoms with van der Waals surface area (Å²) >= 11 is 0. The van der Waals surface area contributed by atoms with Crippen LogP contribution in [0.25, 0.3) is 0 Å². The van der Waals surface area contributed by atoms with Crippen molar-refractivity contribution in [3.63, 3.8) is 0 Å². The van der Waals surface area contributed by atoms with Crippen LogP contribution in [0, 0.1) is 10.1 Å². The number of nitro groups is 1. The summed E-state index contributed by atoms with van der Waals surface area (Å²) in [5.41, 5.74) is -2.87. The number of allylic oxidation sites excluding steroid dienone is 1. The van der Waals surface area contributed by atoms with Gasteiger partial charge in [-0.25, -0.2) is 9.59 Å². The zero-order valence-corrected chi connectivity index (χ0v) is 14.4. The molecule has 1 aromatic rings. The predicted molar refractivity (Wildman–Crippen MR) is 90.3 cm³/mol. The lowest BCUT2D eigenvalue weighted by Crippen LogP contribution is -2.44. The van der Waals surface area contributed by atoms with E-state index in [4.69, 9.17) is 0 Å². The molecule has 26 heavy (non-hydrogen) atoms. The standard InChI is InChI=1S/C17H18N2O7/c1-9-13(15(21)22)17(2,10-6-4-5-7-11(10)19(25)26)14(16(23)24)12(8-20)18(9)3/h4-7,20H,8H2,1-3H3,(H,21,22)(H,23,24). The molecule has 0 fully saturated rings. The van der Waals surface area contributed by atoms with Gasteiger partial charge in [-0.05, 0) is 13.8 Å². The molecular formula is C17H18N2O7. The lowest BCUT2D eigenvalue weighted by Gasteiger charge is -2.41. The van der Waals surface area contributed by atoms with Gasteiger partial charge >= 0.3 is 11.9 Å². The van der Waals surface area contributed by atoms with Crippen molar-refractivity contribution in [2.45, 2.75) is 19.3 Å². The second kappa shape index (κ2) is 6.60. The number of nitrogens with zero attached hydrogens (tertiary/aromatic N) is 2. The molecule has 2 rings (SSSR count). The average Bonchev–Trinajstić information content (AvgIpc) is 2.57. The van der Waals surface area contributed by atoms with Gasteiger partial charge in [-0.3, -0.25) is 10.1 Å². The molecule has 1 aliphatic heterocycles. The number of nitro benzene ring substituents is 1. The van der Waals surface area contributed by atoms with Crippen LogP contribution in [0.15, 0.2) is 46.8 Å². The molecule has 0 saturated heterocycles. The summed E-state index contributed by atoms with van der Waals surface area (Å²) in [7, 11) is 1.44. The Morgan fingerprint density at radius 3 is 2.19 bits per heavy atom. The van der Waals surface area contributed by atoms with Gasteiger partial charge < -0.3 is 20.2 Å². The van der Waals surface area contributed by atoms with Gasteiger partial charge in [0.15, 0.2) is 0 Å². The van der Waals surface area contributed by atoms with E-state index in [1.165, 1.54) is 50.1 Å². The van der Waals surface area contributed by atoms with Crippen molar-refractivity contribution in [3.8, 4) is 0 Å². The van der Waals surface area contributed by atoms with E-state index in [0.29, 0.717) is 0 Å². The molecule has 1 aromatic carbocycles. The van der Waals surface area contributed by atoms with E-state index in [1.54, 1.807) is 0 Å². The Labute approximate surface area is 148 Å². The first kappa shape index (κ1) is 19.1. The Morgan fingerprint density at radius 2 is 1.73 bits per heavy atom. The van der Waals surface area contributed by atoms with Gasteiger partial charge in [0.05, 0.1) is 33.8 Å². The van der Waals surface area contributed by atoms with Crippen molar-refractivity contribution in [3.05, 3.63) is 62.5 Å². The van der Waals surface area contributed by atoms with Crippen molar-refractivity contribution in [1.82, 2.24) is 4.90 Å². The summed E-state index contributed by atoms with van der Waals surface area (Å²) in [6.45, 7) is 2.11. The van der Waals surface area contributed by atoms with E-state index >= 15 is 0 Å². The Hall–Kier alpha value is -3.20. The van der Waals surface area contributed by atoms with E-state index in [2.05, 4.69) is 0 Å². The second-order valence-corrected chi connectivity index (χ2v) is 6.01. The Kier molecular flexibility index (Phi) is 4.86. The number of carboxylic acids is 2. The third-order valence-corrected chi connectivity index (χ3v) is 4.78. The molecule has 9 nitrogen and oxygen atoms in total. The lowest BCUT2D eigenvalue weighted by atomic mass is 9.66. The first-order chi connectivity index (χ1) is 12.1. The molecule has 1 heterocycles. The minimum Gasteiger partial charge on any atom is -0.478 e. The van der Waals surface area contributed by atoms with Gasteiger partial charge in [0.25, 0.3) is 5.69 Å². The summed E-state index contributed by atoms with van der Waals surface area (Å²) in [6, 6.07) is 5.40. The highest BCUT2D eigenvalue weighted by Gasteiger charge is 2.51. The third-order valence-electron chi connectivity index (χ3n) is 4.78. The van der Waals surface area contributed by atoms with E-state index in [9.17, 15) is 35.0 Å². The van der Waals surface area contributed by atoms with Crippen LogP contribution >= 0.6 is 0 Å². The molecular weight excluding hydrogens is 344 g/mol. The minimum atomic E-state index is -1.84. The molecule has 1 aliphatic rings. The average molecular weight is 362 g/mol. The fourth-order valence-corrected chi connectivity index (χ4v) is 3.53. The third kappa shape index (κ3) is 2.62. The number of aliphatic hydroxyl groups is 1. The zero-order valence-electron chi connectivity index (χ0n) is 14.4. The SMILES string of the molecule is CC1=C(C(=O)O)C(C)(c2ccccc2[N+](=O)[O-])C(C(=O)O)=C(CO)N1C. The van der Waals surface area contributed by atoms with Crippen LogP contribution in [0.1, 0.15) is 19.4 Å². The molecule has 0 amide bonds. The number of benzene rings is 1. The van der Waals surface area contributed by atoms with Crippen molar-refractivity contribution < 1.29 is 29.8 Å². The van der Waals surface area contributed by atoms with Crippen molar-refractivity contribution in [2.24, 2.45) is 0 Å². The Morgan fingerprint density at radius 1 is 1.19 bits per heavy atom. The molecule has 0 aliphatic carbocycles. The van der Waals surface area contributed by atoms with Crippen LogP contribution in [0.3, 0.4) is 0 Å². The van der Waals surface area contributed by atoms with Gasteiger partial charge in [0.2, 0.25) is 0 Å². The maximum atomic E-state index is 12.0. The summed E-state index contributed by atoms with van der Waals surface area (Å²) in [5.74, 6) is -2.86. The van der Waals surface area contributed by atoms with Crippen molar-refractivity contribution >= 4 is 17.6 Å². The number of rotatable bonds is 5. The molecule has 0 radical (unpaired) electrons. The molecule has 0 aromatic heterocycles. The monoisotopic (exact) mass is 362 g/mol. The molecule has 9 heteroatoms. The summed E-state index contributed by atoms with van der Waals surface area (Å²) in [5, 5.41) is 40.8. The minimum absolute atomic E-state index is 0.0272. The first-order valence-electron chi connectivity index (χ1n) is 7.59. The fourth-order valence-electron chi connectivity index (χ4n) is 3.53. The summed E-state index contributed by atoms with van der Waals surface area (Å²) in [6.07, 6.45) is 0. The Balaban J connectivity index is 3.04. The largest absolute Gasteiger partial charge is 0.478 e. The maximum absolute atomic E-state index is 12.0. The number of para-hydroxylation sites is 1. The molecule has 1 unspecified atom stereocenters. The van der Waals surface area contributed by atoms with Gasteiger partial charge in [0, 0.05) is 24.4 Å². The van der Waals surface area contributed by atoms with Crippen LogP contribution in [0.2, 0.25) is 0 Å². The Bertz CT molecular complexity index is 872. The molecule has 138 valence electrons. The normalized spacial score (nSPS) is 20.4. The highest BCUT2D eigenvalue weighted by atomic mass is 16.6. The van der Waals surface area contributed by atoms with E-state index in [0.717, 1.165) is 0 Å². The molecule has 0 bridgehead atoms. The summed E-state index contributed by atoms with van der Waals surface area (Å²) in [4.78, 5) is 36.1. The molecule has 3 N–H and O–H groups in total. The second-order valence-electron chi connectivity index (χ2n) is 6.01. The van der Waals surface area contributed by atoms with E-state index in [1.807, 2.05) is 0 Å². The van der Waals surface area contributed by atoms with Gasteiger partial charge in [-0.2, -0.15) is 0 Å². The van der Waals surface area contributed by atoms with Crippen molar-refractivity contribution in [2.75, 3.05) is 13.7 Å². The first-order valence-corrected chi connectivity index (χ1v) is 7.59. The van der Waals surface area contributed by atoms with E-state index < -0.39 is 40.1 Å². The number of carbonyl (C=O) groups is 2. The summed E-state index contributed by atoms with van der Waals surface area (Å²) < 4.78 is 0. The van der Waals surface area contributed by atoms with Crippen LogP contribution in [-0.4, -0.2) is 50.7 Å². The zero-order chi connectivity index (χ0) is 19.8. The smallest absolute Gasteiger partial charge is 0.334 e. The number of hydrogen-bond acceptors (Lipinski definition) is 6. The van der Waals surface area contributed by atoms with Gasteiger partial charge in [0.1, 0.15) is 0 Å². The number of carboxylic acid groups (broad SMARTS) is 2. The number of aliphatic hydroxyl groups excluding tert-OH is 1. The van der Waals surface area contributed by atoms with Gasteiger partial charge in [-0.15, -0.1) is 0 Å². The van der Waals surface area contributed by atoms with Crippen molar-refractivity contribution in [1.29, 1.82) is 0 Å². The maximum Gasteiger partial charge on any atom is 0.334 e. The highest BCUT2D eigenvalue weighted by molar-refractivity contribution is 6.01. The molecule has 0 saturated carbocycles. The number of aliphatic carboxylic acids is 2. The van der Waals surface area contributed by atoms with E-state index in [-0.39, 0.29) is 22.5 Å². The lowest BCUT2D eigenvalue weighted by molar-refractivity contribution is -0.385. The van der Waals surface area contributed by atoms with Crippen LogP contribution in [0.4, 0.5) is 5.69 Å². The quantitative estimate of drug-likeness (QED) is 0.528. The van der Waals surface area contributed by atoms with Crippen LogP contribution < -0.4 is 0 Å². The molecule has 0 spiro atoms. The topological polar surface area (TPSA) is 141 Å².